The largest absolute Gasteiger partial charge is 0.434 e. The highest BCUT2D eigenvalue weighted by molar-refractivity contribution is 6.02. The van der Waals surface area contributed by atoms with E-state index in [0.29, 0.717) is 0 Å². The molecular formula is C18H20F3N4O2+. The summed E-state index contributed by atoms with van der Waals surface area (Å²) in [5, 5.41) is 12.0. The summed E-state index contributed by atoms with van der Waals surface area (Å²) in [6, 6.07) is 8.89. The van der Waals surface area contributed by atoms with E-state index < -0.39 is 23.4 Å². The summed E-state index contributed by atoms with van der Waals surface area (Å²) >= 11 is 0. The average Bonchev–Trinajstić information content (AvgIpc) is 3.19. The molecule has 6 nitrogen and oxygen atoms in total. The minimum Gasteiger partial charge on any atom is -0.390 e. The zero-order valence-electron chi connectivity index (χ0n) is 14.9. The maximum atomic E-state index is 13.0. The number of carbonyl (C=O) groups is 1. The molecule has 1 aliphatic heterocycles. The summed E-state index contributed by atoms with van der Waals surface area (Å²) in [6.45, 7) is 3.08. The minimum absolute atomic E-state index is 0.0570. The normalized spacial score (nSPS) is 20.1. The van der Waals surface area contributed by atoms with Crippen molar-refractivity contribution in [2.24, 2.45) is 0 Å². The monoisotopic (exact) mass is 381 g/mol. The number of aryl methyl sites for hydroxylation is 1. The van der Waals surface area contributed by atoms with Crippen LogP contribution in [0, 0.1) is 6.92 Å². The highest BCUT2D eigenvalue weighted by Gasteiger charge is 2.65. The van der Waals surface area contributed by atoms with E-state index in [1.807, 2.05) is 30.3 Å². The van der Waals surface area contributed by atoms with Crippen LogP contribution in [0.3, 0.4) is 0 Å². The molecule has 0 fully saturated rings. The topological polar surface area (TPSA) is 70.2 Å². The SMILES string of the molecule is Cc1nc(C(F)(F)F)cn1C1(C(=O)NC(C)c2ccccc2)C=[N+]1CCO. The van der Waals surface area contributed by atoms with Gasteiger partial charge < -0.3 is 10.4 Å². The number of β-amino-alcohol motifs (C(OH)–C–C–N with tert-alkyl or cyclic N) is 1. The fraction of sp³-hybridized carbons (Fsp3) is 0.389. The molecule has 2 N–H and O–H groups in total. The van der Waals surface area contributed by atoms with Crippen LogP contribution < -0.4 is 5.32 Å². The van der Waals surface area contributed by atoms with Gasteiger partial charge in [-0.3, -0.25) is 9.36 Å². The summed E-state index contributed by atoms with van der Waals surface area (Å²) < 4.78 is 41.8. The molecule has 0 radical (unpaired) electrons. The number of alkyl halides is 3. The molecule has 144 valence electrons. The van der Waals surface area contributed by atoms with Crippen LogP contribution in [0.15, 0.2) is 36.5 Å². The van der Waals surface area contributed by atoms with E-state index in [-0.39, 0.29) is 25.0 Å². The molecular weight excluding hydrogens is 361 g/mol. The predicted octanol–water partition coefficient (Wildman–Crippen LogP) is 1.83. The Balaban J connectivity index is 1.90. The Kier molecular flexibility index (Phi) is 4.81. The zero-order valence-corrected chi connectivity index (χ0v) is 14.9. The number of rotatable bonds is 6. The molecule has 0 bridgehead atoms. The highest BCUT2D eigenvalue weighted by Crippen LogP contribution is 2.34. The van der Waals surface area contributed by atoms with Crippen LogP contribution >= 0.6 is 0 Å². The van der Waals surface area contributed by atoms with Crippen molar-refractivity contribution in [2.75, 3.05) is 13.2 Å². The first kappa shape index (κ1) is 19.1. The van der Waals surface area contributed by atoms with E-state index in [0.717, 1.165) is 11.8 Å². The number of hydrogen-bond acceptors (Lipinski definition) is 3. The van der Waals surface area contributed by atoms with Gasteiger partial charge in [0, 0.05) is 6.20 Å². The molecule has 0 aliphatic carbocycles. The fourth-order valence-electron chi connectivity index (χ4n) is 3.11. The predicted molar refractivity (Wildman–Crippen MR) is 91.2 cm³/mol. The summed E-state index contributed by atoms with van der Waals surface area (Å²) in [5.41, 5.74) is -1.63. The first-order valence-corrected chi connectivity index (χ1v) is 8.43. The third kappa shape index (κ3) is 3.46. The van der Waals surface area contributed by atoms with E-state index in [4.69, 9.17) is 0 Å². The number of carbonyl (C=O) groups excluding carboxylic acids is 1. The van der Waals surface area contributed by atoms with Gasteiger partial charge in [0.05, 0.1) is 6.04 Å². The smallest absolute Gasteiger partial charge is 0.390 e. The Labute approximate surface area is 154 Å². The van der Waals surface area contributed by atoms with Gasteiger partial charge >= 0.3 is 17.7 Å². The molecule has 1 amide bonds. The third-order valence-corrected chi connectivity index (χ3v) is 4.57. The number of nitrogens with zero attached hydrogens (tertiary/aromatic N) is 3. The number of benzene rings is 1. The number of aromatic nitrogens is 2. The molecule has 1 aliphatic rings. The summed E-state index contributed by atoms with van der Waals surface area (Å²) in [5.74, 6) is -0.428. The second kappa shape index (κ2) is 6.80. The lowest BCUT2D eigenvalue weighted by Gasteiger charge is -2.18. The zero-order chi connectivity index (χ0) is 19.8. The van der Waals surface area contributed by atoms with Crippen LogP contribution in [0.5, 0.6) is 0 Å². The molecule has 2 atom stereocenters. The highest BCUT2D eigenvalue weighted by atomic mass is 19.4. The van der Waals surface area contributed by atoms with E-state index in [1.54, 1.807) is 6.92 Å². The van der Waals surface area contributed by atoms with Crippen LogP contribution in [-0.4, -0.2) is 44.5 Å². The van der Waals surface area contributed by atoms with Gasteiger partial charge in [-0.15, -0.1) is 0 Å². The van der Waals surface area contributed by atoms with Crippen LogP contribution in [0.1, 0.15) is 30.0 Å². The molecule has 3 rings (SSSR count). The van der Waals surface area contributed by atoms with E-state index >= 15 is 0 Å². The third-order valence-electron chi connectivity index (χ3n) is 4.57. The van der Waals surface area contributed by atoms with Crippen LogP contribution in [0.2, 0.25) is 0 Å². The first-order chi connectivity index (χ1) is 12.7. The average molecular weight is 381 g/mol. The molecule has 2 unspecified atom stereocenters. The standard InChI is InChI=1S/C18H19F3N4O2/c1-12(14-6-4-3-5-7-14)22-16(27)17(11-24(17)8-9-26)25-10-15(18(19,20)21)23-13(25)2/h3-7,10-12,26H,8-9H2,1-2H3/p+1. The number of aliphatic hydroxyl groups excluding tert-OH is 1. The minimum atomic E-state index is -4.61. The Morgan fingerprint density at radius 1 is 1.37 bits per heavy atom. The molecule has 27 heavy (non-hydrogen) atoms. The summed E-state index contributed by atoms with van der Waals surface area (Å²) in [7, 11) is 0. The fourth-order valence-corrected chi connectivity index (χ4v) is 3.11. The van der Waals surface area contributed by atoms with Crippen molar-refractivity contribution in [3.63, 3.8) is 0 Å². The number of halogens is 3. The van der Waals surface area contributed by atoms with Gasteiger partial charge in [0.25, 0.3) is 0 Å². The molecule has 1 aromatic heterocycles. The molecule has 0 spiro atoms. The lowest BCUT2D eigenvalue weighted by Crippen LogP contribution is -2.46. The number of imidazole rings is 1. The summed E-state index contributed by atoms with van der Waals surface area (Å²) in [4.78, 5) is 16.6. The van der Waals surface area contributed by atoms with Gasteiger partial charge in [-0.1, -0.05) is 30.3 Å². The second-order valence-corrected chi connectivity index (χ2v) is 6.42. The van der Waals surface area contributed by atoms with Gasteiger partial charge in [0.2, 0.25) is 6.21 Å². The number of aliphatic hydroxyl groups is 1. The molecule has 2 heterocycles. The Hall–Kier alpha value is -2.68. The molecule has 9 heteroatoms. The summed E-state index contributed by atoms with van der Waals surface area (Å²) in [6.07, 6.45) is -2.29. The van der Waals surface area contributed by atoms with Gasteiger partial charge in [0.1, 0.15) is 12.4 Å². The Bertz CT molecular complexity index is 876. The molecule has 2 aromatic rings. The van der Waals surface area contributed by atoms with E-state index in [1.165, 1.54) is 22.3 Å². The van der Waals surface area contributed by atoms with Crippen molar-refractivity contribution in [1.29, 1.82) is 0 Å². The van der Waals surface area contributed by atoms with Crippen molar-refractivity contribution in [2.45, 2.75) is 31.7 Å². The first-order valence-electron chi connectivity index (χ1n) is 8.43. The van der Waals surface area contributed by atoms with Crippen molar-refractivity contribution < 1.29 is 27.6 Å². The van der Waals surface area contributed by atoms with Crippen LogP contribution in [-0.2, 0) is 16.6 Å². The Morgan fingerprint density at radius 3 is 2.59 bits per heavy atom. The number of amides is 1. The van der Waals surface area contributed by atoms with Crippen molar-refractivity contribution in [3.05, 3.63) is 53.6 Å². The number of hydrogen-bond donors (Lipinski definition) is 2. The maximum absolute atomic E-state index is 13.0. The molecule has 0 saturated carbocycles. The van der Waals surface area contributed by atoms with E-state index in [9.17, 15) is 23.1 Å². The van der Waals surface area contributed by atoms with E-state index in [2.05, 4.69) is 10.3 Å². The van der Waals surface area contributed by atoms with Gasteiger partial charge in [-0.25, -0.2) is 4.98 Å². The molecule has 0 saturated heterocycles. The quantitative estimate of drug-likeness (QED) is 0.750. The molecule has 1 aromatic carbocycles. The number of nitrogens with one attached hydrogen (secondary N) is 1. The maximum Gasteiger partial charge on any atom is 0.434 e. The Morgan fingerprint density at radius 2 is 2.04 bits per heavy atom. The lowest BCUT2D eigenvalue weighted by molar-refractivity contribution is -0.517. The van der Waals surface area contributed by atoms with Crippen molar-refractivity contribution in [3.8, 4) is 0 Å². The van der Waals surface area contributed by atoms with Gasteiger partial charge in [-0.05, 0) is 19.4 Å². The van der Waals surface area contributed by atoms with Crippen molar-refractivity contribution in [1.82, 2.24) is 14.9 Å². The van der Waals surface area contributed by atoms with Gasteiger partial charge in [0.15, 0.2) is 12.2 Å². The van der Waals surface area contributed by atoms with Crippen molar-refractivity contribution >= 4 is 12.1 Å². The van der Waals surface area contributed by atoms with Crippen LogP contribution in [0.25, 0.3) is 0 Å². The lowest BCUT2D eigenvalue weighted by atomic mass is 10.1. The van der Waals surface area contributed by atoms with Crippen LogP contribution in [0.4, 0.5) is 13.2 Å². The second-order valence-electron chi connectivity index (χ2n) is 6.42. The van der Waals surface area contributed by atoms with Gasteiger partial charge in [-0.2, -0.15) is 17.7 Å².